The summed E-state index contributed by atoms with van der Waals surface area (Å²) in [5.74, 6) is 0.754. The van der Waals surface area contributed by atoms with Crippen LogP contribution in [0.2, 0.25) is 0 Å². The van der Waals surface area contributed by atoms with E-state index in [0.29, 0.717) is 6.54 Å². The Bertz CT molecular complexity index is 356. The smallest absolute Gasteiger partial charge is 0.0447 e. The molecule has 1 atom stereocenters. The second kappa shape index (κ2) is 7.55. The average Bonchev–Trinajstić information content (AvgIpc) is 2.38. The molecule has 0 aliphatic heterocycles. The monoisotopic (exact) mass is 248 g/mol. The molecule has 102 valence electrons. The van der Waals surface area contributed by atoms with Crippen molar-refractivity contribution in [1.82, 2.24) is 5.32 Å². The van der Waals surface area contributed by atoms with E-state index in [9.17, 15) is 0 Å². The zero-order chi connectivity index (χ0) is 13.5. The number of aryl methyl sites for hydroxylation is 2. The van der Waals surface area contributed by atoms with Gasteiger partial charge in [-0.15, -0.1) is 0 Å². The van der Waals surface area contributed by atoms with Crippen molar-refractivity contribution in [2.75, 3.05) is 13.1 Å². The van der Waals surface area contributed by atoms with Crippen LogP contribution in [0.15, 0.2) is 18.2 Å². The molecule has 0 heterocycles. The first kappa shape index (κ1) is 15.2. The first-order valence-corrected chi connectivity index (χ1v) is 7.12. The molecule has 0 fully saturated rings. The van der Waals surface area contributed by atoms with Crippen molar-refractivity contribution in [3.8, 4) is 0 Å². The van der Waals surface area contributed by atoms with Crippen LogP contribution in [0, 0.1) is 19.8 Å². The number of benzene rings is 1. The second-order valence-corrected chi connectivity index (χ2v) is 5.24. The summed E-state index contributed by atoms with van der Waals surface area (Å²) in [6.45, 7) is 10.5. The van der Waals surface area contributed by atoms with Crippen LogP contribution >= 0.6 is 0 Å². The molecule has 0 bridgehead atoms. The highest BCUT2D eigenvalue weighted by Gasteiger charge is 2.13. The molecule has 0 aromatic heterocycles. The molecular formula is C16H28N2. The summed E-state index contributed by atoms with van der Waals surface area (Å²) in [6, 6.07) is 6.89. The van der Waals surface area contributed by atoms with Crippen LogP contribution in [0.25, 0.3) is 0 Å². The van der Waals surface area contributed by atoms with Crippen LogP contribution in [0.5, 0.6) is 0 Å². The van der Waals surface area contributed by atoms with Gasteiger partial charge in [-0.25, -0.2) is 0 Å². The van der Waals surface area contributed by atoms with Crippen molar-refractivity contribution in [3.05, 3.63) is 34.9 Å². The first-order chi connectivity index (χ1) is 8.62. The Balaban J connectivity index is 2.73. The number of hydrogen-bond acceptors (Lipinski definition) is 2. The van der Waals surface area contributed by atoms with Crippen molar-refractivity contribution in [2.45, 2.75) is 46.6 Å². The molecule has 0 radical (unpaired) electrons. The number of rotatable bonds is 7. The molecule has 0 saturated carbocycles. The summed E-state index contributed by atoms with van der Waals surface area (Å²) in [5, 5.41) is 3.63. The zero-order valence-corrected chi connectivity index (χ0v) is 12.3. The van der Waals surface area contributed by atoms with E-state index in [4.69, 9.17) is 5.73 Å². The van der Waals surface area contributed by atoms with Gasteiger partial charge < -0.3 is 11.1 Å². The van der Waals surface area contributed by atoms with E-state index in [1.165, 1.54) is 29.5 Å². The number of nitrogens with two attached hydrogens (primary N) is 1. The van der Waals surface area contributed by atoms with Gasteiger partial charge in [0.1, 0.15) is 0 Å². The fourth-order valence-electron chi connectivity index (χ4n) is 2.34. The Morgan fingerprint density at radius 3 is 2.39 bits per heavy atom. The van der Waals surface area contributed by atoms with Crippen molar-refractivity contribution in [2.24, 2.45) is 11.7 Å². The summed E-state index contributed by atoms with van der Waals surface area (Å²) in [7, 11) is 0. The summed E-state index contributed by atoms with van der Waals surface area (Å²) in [4.78, 5) is 0. The van der Waals surface area contributed by atoms with Gasteiger partial charge in [0, 0.05) is 12.6 Å². The molecule has 2 heteroatoms. The van der Waals surface area contributed by atoms with Crippen molar-refractivity contribution in [1.29, 1.82) is 0 Å². The summed E-state index contributed by atoms with van der Waals surface area (Å²) < 4.78 is 0. The maximum Gasteiger partial charge on any atom is 0.0447 e. The minimum atomic E-state index is 0.283. The molecule has 1 aromatic rings. The van der Waals surface area contributed by atoms with Gasteiger partial charge in [0.15, 0.2) is 0 Å². The van der Waals surface area contributed by atoms with E-state index in [1.807, 2.05) is 0 Å². The predicted octanol–water partition coefficient (Wildman–Crippen LogP) is 3.33. The highest BCUT2D eigenvalue weighted by atomic mass is 14.9. The lowest BCUT2D eigenvalue weighted by Crippen LogP contribution is -2.32. The van der Waals surface area contributed by atoms with E-state index in [-0.39, 0.29) is 6.04 Å². The molecule has 1 rings (SSSR count). The highest BCUT2D eigenvalue weighted by molar-refractivity contribution is 5.33. The molecule has 0 aliphatic carbocycles. The zero-order valence-electron chi connectivity index (χ0n) is 12.3. The molecule has 0 amide bonds. The van der Waals surface area contributed by atoms with Gasteiger partial charge in [0.25, 0.3) is 0 Å². The quantitative estimate of drug-likeness (QED) is 0.777. The van der Waals surface area contributed by atoms with E-state index in [0.717, 1.165) is 12.5 Å². The van der Waals surface area contributed by atoms with Crippen LogP contribution in [-0.4, -0.2) is 13.1 Å². The van der Waals surface area contributed by atoms with Gasteiger partial charge in [-0.2, -0.15) is 0 Å². The van der Waals surface area contributed by atoms with Crippen LogP contribution in [0.4, 0.5) is 0 Å². The second-order valence-electron chi connectivity index (χ2n) is 5.24. The van der Waals surface area contributed by atoms with Gasteiger partial charge in [-0.1, -0.05) is 50.5 Å². The van der Waals surface area contributed by atoms with Crippen molar-refractivity contribution < 1.29 is 0 Å². The van der Waals surface area contributed by atoms with Gasteiger partial charge in [-0.05, 0) is 37.4 Å². The standard InChI is InChI=1S/C16H28N2/c1-5-14(6-2)11-18-16(10-17)15-9-12(3)7-8-13(15)4/h7-9,14,16,18H,5-6,10-11,17H2,1-4H3. The average molecular weight is 248 g/mol. The maximum absolute atomic E-state index is 5.93. The predicted molar refractivity (Wildman–Crippen MR) is 79.8 cm³/mol. The van der Waals surface area contributed by atoms with E-state index < -0.39 is 0 Å². The lowest BCUT2D eigenvalue weighted by atomic mass is 9.97. The Labute approximate surface area is 112 Å². The van der Waals surface area contributed by atoms with Crippen LogP contribution < -0.4 is 11.1 Å². The Kier molecular flexibility index (Phi) is 6.37. The largest absolute Gasteiger partial charge is 0.329 e. The van der Waals surface area contributed by atoms with Gasteiger partial charge >= 0.3 is 0 Å². The molecule has 3 N–H and O–H groups in total. The van der Waals surface area contributed by atoms with E-state index in [2.05, 4.69) is 51.2 Å². The summed E-state index contributed by atoms with van der Waals surface area (Å²) in [6.07, 6.45) is 2.46. The van der Waals surface area contributed by atoms with Crippen molar-refractivity contribution >= 4 is 0 Å². The normalized spacial score (nSPS) is 13.0. The minimum Gasteiger partial charge on any atom is -0.329 e. The molecule has 0 saturated heterocycles. The van der Waals surface area contributed by atoms with Crippen LogP contribution in [0.1, 0.15) is 49.4 Å². The van der Waals surface area contributed by atoms with Crippen LogP contribution in [-0.2, 0) is 0 Å². The molecule has 0 spiro atoms. The Morgan fingerprint density at radius 1 is 1.17 bits per heavy atom. The molecule has 0 aliphatic rings. The van der Waals surface area contributed by atoms with Gasteiger partial charge in [-0.3, -0.25) is 0 Å². The van der Waals surface area contributed by atoms with E-state index in [1.54, 1.807) is 0 Å². The Hall–Kier alpha value is -0.860. The first-order valence-electron chi connectivity index (χ1n) is 7.12. The minimum absolute atomic E-state index is 0.283. The third kappa shape index (κ3) is 4.11. The van der Waals surface area contributed by atoms with Gasteiger partial charge in [0.05, 0.1) is 0 Å². The lowest BCUT2D eigenvalue weighted by molar-refractivity contribution is 0.413. The molecule has 1 unspecified atom stereocenters. The third-order valence-electron chi connectivity index (χ3n) is 3.85. The summed E-state index contributed by atoms with van der Waals surface area (Å²) in [5.41, 5.74) is 9.91. The lowest BCUT2D eigenvalue weighted by Gasteiger charge is -2.23. The third-order valence-corrected chi connectivity index (χ3v) is 3.85. The number of hydrogen-bond donors (Lipinski definition) is 2. The molecule has 18 heavy (non-hydrogen) atoms. The van der Waals surface area contributed by atoms with Gasteiger partial charge in [0.2, 0.25) is 0 Å². The molecule has 2 nitrogen and oxygen atoms in total. The van der Waals surface area contributed by atoms with E-state index >= 15 is 0 Å². The molecular weight excluding hydrogens is 220 g/mol. The van der Waals surface area contributed by atoms with Crippen molar-refractivity contribution in [3.63, 3.8) is 0 Å². The SMILES string of the molecule is CCC(CC)CNC(CN)c1cc(C)ccc1C. The highest BCUT2D eigenvalue weighted by Crippen LogP contribution is 2.19. The summed E-state index contributed by atoms with van der Waals surface area (Å²) >= 11 is 0. The van der Waals surface area contributed by atoms with Crippen LogP contribution in [0.3, 0.4) is 0 Å². The fraction of sp³-hybridized carbons (Fsp3) is 0.625. The number of nitrogens with one attached hydrogen (secondary N) is 1. The Morgan fingerprint density at radius 2 is 1.83 bits per heavy atom. The fourth-order valence-corrected chi connectivity index (χ4v) is 2.34. The molecule has 1 aromatic carbocycles. The maximum atomic E-state index is 5.93. The topological polar surface area (TPSA) is 38.0 Å².